The van der Waals surface area contributed by atoms with Crippen LogP contribution in [0.5, 0.6) is 0 Å². The number of amides is 1. The number of ether oxygens (including phenoxy) is 1. The maximum Gasteiger partial charge on any atom is 0.407 e. The van der Waals surface area contributed by atoms with Crippen molar-refractivity contribution in [3.05, 3.63) is 20.8 Å². The van der Waals surface area contributed by atoms with Gasteiger partial charge in [-0.15, -0.1) is 11.3 Å². The highest BCUT2D eigenvalue weighted by molar-refractivity contribution is 9.10. The van der Waals surface area contributed by atoms with Crippen LogP contribution in [0.2, 0.25) is 0 Å². The molecule has 1 saturated carbocycles. The van der Waals surface area contributed by atoms with Crippen LogP contribution < -0.4 is 10.6 Å². The zero-order chi connectivity index (χ0) is 15.5. The summed E-state index contributed by atoms with van der Waals surface area (Å²) in [6, 6.07) is 2.53. The fraction of sp³-hybridized carbons (Fsp3) is 0.667. The minimum atomic E-state index is -0.451. The first kappa shape index (κ1) is 16.8. The van der Waals surface area contributed by atoms with E-state index in [2.05, 4.69) is 38.0 Å². The van der Waals surface area contributed by atoms with Crippen molar-refractivity contribution in [2.75, 3.05) is 0 Å². The molecule has 0 spiro atoms. The van der Waals surface area contributed by atoms with Gasteiger partial charge >= 0.3 is 6.09 Å². The Morgan fingerprint density at radius 2 is 2.14 bits per heavy atom. The third-order valence-corrected chi connectivity index (χ3v) is 5.36. The van der Waals surface area contributed by atoms with Gasteiger partial charge in [0.15, 0.2) is 0 Å². The van der Waals surface area contributed by atoms with Crippen molar-refractivity contribution in [3.8, 4) is 0 Å². The molecule has 2 N–H and O–H groups in total. The summed E-state index contributed by atoms with van der Waals surface area (Å²) in [5.41, 5.74) is -0.451. The van der Waals surface area contributed by atoms with Crippen LogP contribution in [0, 0.1) is 0 Å². The van der Waals surface area contributed by atoms with Crippen LogP contribution in [-0.2, 0) is 11.3 Å². The molecule has 2 unspecified atom stereocenters. The van der Waals surface area contributed by atoms with Crippen LogP contribution in [0.25, 0.3) is 0 Å². The van der Waals surface area contributed by atoms with Gasteiger partial charge in [-0.05, 0) is 67.4 Å². The number of hydrogen-bond donors (Lipinski definition) is 2. The molecular formula is C15H23BrN2O2S. The van der Waals surface area contributed by atoms with Crippen molar-refractivity contribution in [1.82, 2.24) is 10.6 Å². The lowest BCUT2D eigenvalue weighted by molar-refractivity contribution is 0.0498. The van der Waals surface area contributed by atoms with E-state index >= 15 is 0 Å². The quantitative estimate of drug-likeness (QED) is 0.835. The van der Waals surface area contributed by atoms with E-state index < -0.39 is 5.60 Å². The number of alkyl carbamates (subject to hydrolysis) is 1. The summed E-state index contributed by atoms with van der Waals surface area (Å²) >= 11 is 5.28. The molecule has 1 aromatic rings. The van der Waals surface area contributed by atoms with Crippen LogP contribution in [0.1, 0.15) is 44.9 Å². The van der Waals surface area contributed by atoms with Gasteiger partial charge in [0.1, 0.15) is 5.60 Å². The van der Waals surface area contributed by atoms with Gasteiger partial charge in [-0.1, -0.05) is 0 Å². The fourth-order valence-electron chi connectivity index (χ4n) is 2.51. The number of carbonyl (C=O) groups excluding carboxylic acids is 1. The van der Waals surface area contributed by atoms with E-state index in [1.807, 2.05) is 20.8 Å². The third-order valence-electron chi connectivity index (χ3n) is 3.43. The zero-order valence-corrected chi connectivity index (χ0v) is 15.1. The molecule has 4 nitrogen and oxygen atoms in total. The summed E-state index contributed by atoms with van der Waals surface area (Å²) in [6.45, 7) is 6.47. The Hall–Kier alpha value is -0.590. The van der Waals surface area contributed by atoms with Gasteiger partial charge in [0.25, 0.3) is 0 Å². The fourth-order valence-corrected chi connectivity index (χ4v) is 3.95. The summed E-state index contributed by atoms with van der Waals surface area (Å²) in [5.74, 6) is 0. The van der Waals surface area contributed by atoms with Gasteiger partial charge in [-0.25, -0.2) is 4.79 Å². The molecule has 0 saturated heterocycles. The largest absolute Gasteiger partial charge is 0.444 e. The highest BCUT2D eigenvalue weighted by Crippen LogP contribution is 2.24. The molecule has 2 rings (SSSR count). The Kier molecular flexibility index (Phi) is 5.68. The van der Waals surface area contributed by atoms with Gasteiger partial charge in [0, 0.05) is 28.0 Å². The molecule has 0 aliphatic heterocycles. The number of hydrogen-bond acceptors (Lipinski definition) is 4. The molecule has 0 radical (unpaired) electrons. The smallest absolute Gasteiger partial charge is 0.407 e. The van der Waals surface area contributed by atoms with Crippen LogP contribution >= 0.6 is 27.3 Å². The molecule has 1 aromatic heterocycles. The molecular weight excluding hydrogens is 352 g/mol. The average Bonchev–Trinajstić information content (AvgIpc) is 2.93. The standard InChI is InChI=1S/C15H23BrN2O2S/c1-15(2,3)20-14(19)18-12-6-4-5-11(12)17-9-13-10(16)7-8-21-13/h7-8,11-12,17H,4-6,9H2,1-3H3,(H,18,19). The molecule has 6 heteroatoms. The van der Waals surface area contributed by atoms with E-state index in [0.717, 1.165) is 30.3 Å². The molecule has 0 aromatic carbocycles. The Balaban J connectivity index is 1.83. The Bertz CT molecular complexity index is 484. The van der Waals surface area contributed by atoms with Gasteiger partial charge in [0.05, 0.1) is 0 Å². The normalized spacial score (nSPS) is 22.3. The van der Waals surface area contributed by atoms with Gasteiger partial charge in [-0.2, -0.15) is 0 Å². The predicted octanol–water partition coefficient (Wildman–Crippen LogP) is 4.05. The number of halogens is 1. The van der Waals surface area contributed by atoms with Gasteiger partial charge in [-0.3, -0.25) is 0 Å². The molecule has 1 aliphatic rings. The molecule has 1 amide bonds. The van der Waals surface area contributed by atoms with Crippen LogP contribution in [-0.4, -0.2) is 23.8 Å². The minimum absolute atomic E-state index is 0.151. The van der Waals surface area contributed by atoms with Crippen LogP contribution in [0.15, 0.2) is 15.9 Å². The van der Waals surface area contributed by atoms with E-state index in [1.54, 1.807) is 11.3 Å². The van der Waals surface area contributed by atoms with Crippen LogP contribution in [0.3, 0.4) is 0 Å². The lowest BCUT2D eigenvalue weighted by atomic mass is 10.1. The first-order valence-corrected chi connectivity index (χ1v) is 8.97. The van der Waals surface area contributed by atoms with E-state index in [-0.39, 0.29) is 12.1 Å². The Labute approximate surface area is 138 Å². The number of carbonyl (C=O) groups is 1. The lowest BCUT2D eigenvalue weighted by Gasteiger charge is -2.25. The van der Waals surface area contributed by atoms with Crippen molar-refractivity contribution < 1.29 is 9.53 Å². The van der Waals surface area contributed by atoms with E-state index in [9.17, 15) is 4.79 Å². The molecule has 118 valence electrons. The second-order valence-electron chi connectivity index (χ2n) is 6.36. The van der Waals surface area contributed by atoms with Crippen molar-refractivity contribution in [3.63, 3.8) is 0 Å². The number of rotatable bonds is 4. The maximum absolute atomic E-state index is 11.9. The summed E-state index contributed by atoms with van der Waals surface area (Å²) in [7, 11) is 0. The topological polar surface area (TPSA) is 50.4 Å². The van der Waals surface area contributed by atoms with Gasteiger partial charge < -0.3 is 15.4 Å². The van der Waals surface area contributed by atoms with Crippen LogP contribution in [0.4, 0.5) is 4.79 Å². The van der Waals surface area contributed by atoms with Crippen molar-refractivity contribution >= 4 is 33.4 Å². The van der Waals surface area contributed by atoms with E-state index in [4.69, 9.17) is 4.74 Å². The second-order valence-corrected chi connectivity index (χ2v) is 8.22. The second kappa shape index (κ2) is 7.11. The highest BCUT2D eigenvalue weighted by atomic mass is 79.9. The molecule has 1 fully saturated rings. The Morgan fingerprint density at radius 1 is 1.43 bits per heavy atom. The SMILES string of the molecule is CC(C)(C)OC(=O)NC1CCCC1NCc1sccc1Br. The molecule has 21 heavy (non-hydrogen) atoms. The molecule has 1 aliphatic carbocycles. The zero-order valence-electron chi connectivity index (χ0n) is 12.7. The molecule has 0 bridgehead atoms. The molecule has 2 atom stereocenters. The lowest BCUT2D eigenvalue weighted by Crippen LogP contribution is -2.47. The predicted molar refractivity (Wildman–Crippen MR) is 89.7 cm³/mol. The van der Waals surface area contributed by atoms with E-state index in [1.165, 1.54) is 4.88 Å². The summed E-state index contributed by atoms with van der Waals surface area (Å²) in [5, 5.41) is 8.63. The summed E-state index contributed by atoms with van der Waals surface area (Å²) in [6.07, 6.45) is 2.90. The van der Waals surface area contributed by atoms with Crippen molar-refractivity contribution in [2.24, 2.45) is 0 Å². The monoisotopic (exact) mass is 374 g/mol. The van der Waals surface area contributed by atoms with Crippen molar-refractivity contribution in [2.45, 2.75) is 64.3 Å². The Morgan fingerprint density at radius 3 is 2.76 bits per heavy atom. The first-order chi connectivity index (χ1) is 9.85. The first-order valence-electron chi connectivity index (χ1n) is 7.30. The minimum Gasteiger partial charge on any atom is -0.444 e. The number of nitrogens with one attached hydrogen (secondary N) is 2. The summed E-state index contributed by atoms with van der Waals surface area (Å²) < 4.78 is 6.48. The van der Waals surface area contributed by atoms with Crippen molar-refractivity contribution in [1.29, 1.82) is 0 Å². The van der Waals surface area contributed by atoms with E-state index in [0.29, 0.717) is 6.04 Å². The maximum atomic E-state index is 11.9. The number of thiophene rings is 1. The van der Waals surface area contributed by atoms with Gasteiger partial charge in [0.2, 0.25) is 0 Å². The summed E-state index contributed by atoms with van der Waals surface area (Å²) in [4.78, 5) is 13.2. The molecule has 1 heterocycles. The third kappa shape index (κ3) is 5.27. The highest BCUT2D eigenvalue weighted by Gasteiger charge is 2.29. The average molecular weight is 375 g/mol.